The number of hydrogen-bond donors (Lipinski definition) is 1. The highest BCUT2D eigenvalue weighted by molar-refractivity contribution is 5.76. The van der Waals surface area contributed by atoms with Crippen LogP contribution in [-0.2, 0) is 10.4 Å². The van der Waals surface area contributed by atoms with Crippen LogP contribution in [0.3, 0.4) is 0 Å². The number of hydrogen-bond acceptors (Lipinski definition) is 2. The second-order valence-corrected chi connectivity index (χ2v) is 6.84. The number of carbonyl (C=O) groups excluding carboxylic acids is 1. The third-order valence-electron chi connectivity index (χ3n) is 5.53. The molecule has 1 saturated carbocycles. The molecule has 1 aliphatic carbocycles. The standard InChI is InChI=1S/C19H27NO2/c1-2-8-18(21)20-14-13-19(22,15-9-4-3-5-10-15)16-11-6-7-12-17(16)20/h3-5,9-10,16-17,22H,2,6-8,11-14H2,1H3/t16-,17+,19-/m1/s1. The highest BCUT2D eigenvalue weighted by Gasteiger charge is 2.49. The topological polar surface area (TPSA) is 40.5 Å². The second kappa shape index (κ2) is 6.41. The van der Waals surface area contributed by atoms with Gasteiger partial charge in [-0.3, -0.25) is 4.79 Å². The van der Waals surface area contributed by atoms with Gasteiger partial charge in [0.2, 0.25) is 5.91 Å². The zero-order chi connectivity index (χ0) is 15.6. The van der Waals surface area contributed by atoms with Crippen LogP contribution in [0.5, 0.6) is 0 Å². The number of fused-ring (bicyclic) bond motifs is 1. The Morgan fingerprint density at radius 2 is 2.00 bits per heavy atom. The highest BCUT2D eigenvalue weighted by Crippen LogP contribution is 2.47. The lowest BCUT2D eigenvalue weighted by Crippen LogP contribution is -2.58. The molecule has 3 atom stereocenters. The summed E-state index contributed by atoms with van der Waals surface area (Å²) in [4.78, 5) is 14.5. The molecule has 0 aromatic heterocycles. The molecule has 1 aromatic rings. The monoisotopic (exact) mass is 301 g/mol. The molecule has 0 radical (unpaired) electrons. The molecule has 1 heterocycles. The predicted molar refractivity (Wildman–Crippen MR) is 87.3 cm³/mol. The van der Waals surface area contributed by atoms with Gasteiger partial charge in [0.25, 0.3) is 0 Å². The number of piperidine rings is 1. The van der Waals surface area contributed by atoms with E-state index in [-0.39, 0.29) is 17.9 Å². The summed E-state index contributed by atoms with van der Waals surface area (Å²) in [5.74, 6) is 0.452. The summed E-state index contributed by atoms with van der Waals surface area (Å²) >= 11 is 0. The van der Waals surface area contributed by atoms with Crippen LogP contribution in [0.4, 0.5) is 0 Å². The Labute approximate surface area is 133 Å². The van der Waals surface area contributed by atoms with Gasteiger partial charge in [0.1, 0.15) is 0 Å². The number of rotatable bonds is 3. The lowest BCUT2D eigenvalue weighted by molar-refractivity contribution is -0.154. The molecule has 2 fully saturated rings. The van der Waals surface area contributed by atoms with E-state index in [1.54, 1.807) is 0 Å². The van der Waals surface area contributed by atoms with Gasteiger partial charge >= 0.3 is 0 Å². The number of benzene rings is 1. The van der Waals surface area contributed by atoms with Crippen molar-refractivity contribution in [3.05, 3.63) is 35.9 Å². The first kappa shape index (κ1) is 15.5. The van der Waals surface area contributed by atoms with E-state index in [1.165, 1.54) is 6.42 Å². The summed E-state index contributed by atoms with van der Waals surface area (Å²) in [7, 11) is 0. The average Bonchev–Trinajstić information content (AvgIpc) is 2.56. The summed E-state index contributed by atoms with van der Waals surface area (Å²) in [6.45, 7) is 2.74. The van der Waals surface area contributed by atoms with Crippen LogP contribution < -0.4 is 0 Å². The zero-order valence-electron chi connectivity index (χ0n) is 13.5. The van der Waals surface area contributed by atoms with Gasteiger partial charge in [-0.2, -0.15) is 0 Å². The number of nitrogens with zero attached hydrogens (tertiary/aromatic N) is 1. The lowest BCUT2D eigenvalue weighted by atomic mass is 9.66. The number of aliphatic hydroxyl groups is 1. The fourth-order valence-corrected chi connectivity index (χ4v) is 4.44. The third kappa shape index (κ3) is 2.67. The fourth-order valence-electron chi connectivity index (χ4n) is 4.44. The predicted octanol–water partition coefficient (Wildman–Crippen LogP) is 3.47. The largest absolute Gasteiger partial charge is 0.385 e. The van der Waals surface area contributed by atoms with Crippen LogP contribution in [-0.4, -0.2) is 28.5 Å². The average molecular weight is 301 g/mol. The number of carbonyl (C=O) groups is 1. The van der Waals surface area contributed by atoms with E-state index in [1.807, 2.05) is 30.3 Å². The first-order valence-electron chi connectivity index (χ1n) is 8.74. The van der Waals surface area contributed by atoms with Gasteiger partial charge in [0.05, 0.1) is 5.60 Å². The van der Waals surface area contributed by atoms with Gasteiger partial charge in [-0.1, -0.05) is 50.1 Å². The van der Waals surface area contributed by atoms with Crippen molar-refractivity contribution < 1.29 is 9.90 Å². The summed E-state index contributed by atoms with van der Waals surface area (Å²) in [5.41, 5.74) is 0.254. The Balaban J connectivity index is 1.89. The minimum absolute atomic E-state index is 0.179. The summed E-state index contributed by atoms with van der Waals surface area (Å²) < 4.78 is 0. The zero-order valence-corrected chi connectivity index (χ0v) is 13.5. The Bertz CT molecular complexity index is 515. The van der Waals surface area contributed by atoms with Crippen molar-refractivity contribution in [3.63, 3.8) is 0 Å². The molecular weight excluding hydrogens is 274 g/mol. The lowest BCUT2D eigenvalue weighted by Gasteiger charge is -2.52. The summed E-state index contributed by atoms with van der Waals surface area (Å²) in [6.07, 6.45) is 6.57. The van der Waals surface area contributed by atoms with E-state index < -0.39 is 5.60 Å². The van der Waals surface area contributed by atoms with Crippen molar-refractivity contribution in [2.45, 2.75) is 63.5 Å². The molecule has 3 rings (SSSR count). The molecular formula is C19H27NO2. The molecule has 0 bridgehead atoms. The maximum Gasteiger partial charge on any atom is 0.222 e. The first-order chi connectivity index (χ1) is 10.7. The van der Waals surface area contributed by atoms with Gasteiger partial charge in [-0.25, -0.2) is 0 Å². The van der Waals surface area contributed by atoms with Crippen LogP contribution in [0.25, 0.3) is 0 Å². The van der Waals surface area contributed by atoms with E-state index in [0.29, 0.717) is 19.4 Å². The van der Waals surface area contributed by atoms with Gasteiger partial charge in [0, 0.05) is 24.9 Å². The van der Waals surface area contributed by atoms with Crippen LogP contribution in [0, 0.1) is 5.92 Å². The molecule has 2 aliphatic rings. The van der Waals surface area contributed by atoms with E-state index in [2.05, 4.69) is 11.8 Å². The Morgan fingerprint density at radius 3 is 2.73 bits per heavy atom. The molecule has 1 amide bonds. The molecule has 1 saturated heterocycles. The van der Waals surface area contributed by atoms with E-state index in [4.69, 9.17) is 0 Å². The molecule has 1 N–H and O–H groups in total. The van der Waals surface area contributed by atoms with Crippen molar-refractivity contribution in [2.24, 2.45) is 5.92 Å². The Hall–Kier alpha value is -1.35. The molecule has 1 aromatic carbocycles. The second-order valence-electron chi connectivity index (χ2n) is 6.84. The molecule has 0 unspecified atom stereocenters. The van der Waals surface area contributed by atoms with Crippen molar-refractivity contribution >= 4 is 5.91 Å². The maximum absolute atomic E-state index is 12.4. The van der Waals surface area contributed by atoms with Gasteiger partial charge in [0.15, 0.2) is 0 Å². The van der Waals surface area contributed by atoms with Gasteiger partial charge in [-0.05, 0) is 31.2 Å². The van der Waals surface area contributed by atoms with Gasteiger partial charge < -0.3 is 10.0 Å². The van der Waals surface area contributed by atoms with Crippen molar-refractivity contribution in [3.8, 4) is 0 Å². The molecule has 22 heavy (non-hydrogen) atoms. The quantitative estimate of drug-likeness (QED) is 0.928. The van der Waals surface area contributed by atoms with Crippen LogP contribution in [0.15, 0.2) is 30.3 Å². The third-order valence-corrected chi connectivity index (χ3v) is 5.53. The number of likely N-dealkylation sites (tertiary alicyclic amines) is 1. The van der Waals surface area contributed by atoms with E-state index in [0.717, 1.165) is 31.2 Å². The molecule has 3 heteroatoms. The minimum atomic E-state index is -0.769. The smallest absolute Gasteiger partial charge is 0.222 e. The highest BCUT2D eigenvalue weighted by atomic mass is 16.3. The minimum Gasteiger partial charge on any atom is -0.385 e. The Morgan fingerprint density at radius 1 is 1.27 bits per heavy atom. The maximum atomic E-state index is 12.4. The van der Waals surface area contributed by atoms with E-state index >= 15 is 0 Å². The fraction of sp³-hybridized carbons (Fsp3) is 0.632. The van der Waals surface area contributed by atoms with Crippen molar-refractivity contribution in [2.75, 3.05) is 6.54 Å². The summed E-state index contributed by atoms with van der Waals surface area (Å²) in [6, 6.07) is 10.3. The molecule has 120 valence electrons. The Kier molecular flexibility index (Phi) is 4.53. The first-order valence-corrected chi connectivity index (χ1v) is 8.74. The van der Waals surface area contributed by atoms with Crippen LogP contribution in [0.2, 0.25) is 0 Å². The van der Waals surface area contributed by atoms with Crippen molar-refractivity contribution in [1.82, 2.24) is 4.90 Å². The molecule has 0 spiro atoms. The van der Waals surface area contributed by atoms with Crippen molar-refractivity contribution in [1.29, 1.82) is 0 Å². The van der Waals surface area contributed by atoms with Crippen LogP contribution >= 0.6 is 0 Å². The van der Waals surface area contributed by atoms with E-state index in [9.17, 15) is 9.90 Å². The van der Waals surface area contributed by atoms with Gasteiger partial charge in [-0.15, -0.1) is 0 Å². The molecule has 3 nitrogen and oxygen atoms in total. The number of amides is 1. The normalized spacial score (nSPS) is 31.6. The SMILES string of the molecule is CCCC(=O)N1CC[C@@](O)(c2ccccc2)[C@@H]2CCCC[C@@H]21. The molecule has 1 aliphatic heterocycles. The summed E-state index contributed by atoms with van der Waals surface area (Å²) in [5, 5.41) is 11.4. The van der Waals surface area contributed by atoms with Crippen LogP contribution in [0.1, 0.15) is 57.4 Å².